The zero-order valence-electron chi connectivity index (χ0n) is 12.4. The first-order chi connectivity index (χ1) is 9.72. The van der Waals surface area contributed by atoms with Crippen molar-refractivity contribution in [3.63, 3.8) is 0 Å². The normalized spacial score (nSPS) is 19.9. The Labute approximate surface area is 120 Å². The molecule has 1 atom stereocenters. The summed E-state index contributed by atoms with van der Waals surface area (Å²) >= 11 is 0. The van der Waals surface area contributed by atoms with E-state index in [1.54, 1.807) is 12.4 Å². The predicted octanol–water partition coefficient (Wildman–Crippen LogP) is 0.801. The van der Waals surface area contributed by atoms with Crippen molar-refractivity contribution in [1.82, 2.24) is 14.9 Å². The third-order valence-electron chi connectivity index (χ3n) is 3.75. The summed E-state index contributed by atoms with van der Waals surface area (Å²) in [4.78, 5) is 13.0. The minimum Gasteiger partial charge on any atom is -0.395 e. The van der Waals surface area contributed by atoms with Crippen LogP contribution in [0.15, 0.2) is 12.4 Å². The molecule has 1 unspecified atom stereocenters. The van der Waals surface area contributed by atoms with E-state index in [2.05, 4.69) is 20.2 Å². The molecule has 2 heterocycles. The summed E-state index contributed by atoms with van der Waals surface area (Å²) in [6.45, 7) is 3.08. The molecule has 2 rings (SSSR count). The van der Waals surface area contributed by atoms with Crippen LogP contribution >= 0.6 is 0 Å². The topological polar surface area (TPSA) is 64.5 Å². The van der Waals surface area contributed by atoms with Gasteiger partial charge in [0.2, 0.25) is 0 Å². The van der Waals surface area contributed by atoms with E-state index in [1.165, 1.54) is 12.8 Å². The minimum absolute atomic E-state index is 0.258. The Morgan fingerprint density at radius 2 is 2.15 bits per heavy atom. The van der Waals surface area contributed by atoms with Crippen molar-refractivity contribution in [3.8, 4) is 0 Å². The van der Waals surface area contributed by atoms with Gasteiger partial charge >= 0.3 is 0 Å². The summed E-state index contributed by atoms with van der Waals surface area (Å²) in [7, 11) is 3.92. The summed E-state index contributed by atoms with van der Waals surface area (Å²) in [5.74, 6) is 1.67. The van der Waals surface area contributed by atoms with Crippen LogP contribution < -0.4 is 10.2 Å². The van der Waals surface area contributed by atoms with Crippen LogP contribution in [0.4, 0.5) is 11.6 Å². The van der Waals surface area contributed by atoms with Crippen LogP contribution in [-0.4, -0.2) is 66.4 Å². The second-order valence-corrected chi connectivity index (χ2v) is 5.42. The molecular weight excluding hydrogens is 254 g/mol. The smallest absolute Gasteiger partial charge is 0.171 e. The van der Waals surface area contributed by atoms with Crippen LogP contribution in [0.3, 0.4) is 0 Å². The largest absolute Gasteiger partial charge is 0.395 e. The Morgan fingerprint density at radius 3 is 2.90 bits per heavy atom. The van der Waals surface area contributed by atoms with E-state index in [1.807, 2.05) is 19.0 Å². The van der Waals surface area contributed by atoms with Gasteiger partial charge in [-0.2, -0.15) is 0 Å². The van der Waals surface area contributed by atoms with Crippen LogP contribution in [0.5, 0.6) is 0 Å². The van der Waals surface area contributed by atoms with E-state index in [-0.39, 0.29) is 6.61 Å². The highest BCUT2D eigenvalue weighted by molar-refractivity contribution is 5.59. The Kier molecular flexibility index (Phi) is 5.55. The van der Waals surface area contributed by atoms with Crippen molar-refractivity contribution >= 4 is 11.6 Å². The zero-order valence-corrected chi connectivity index (χ0v) is 12.4. The number of nitrogens with zero attached hydrogens (tertiary/aromatic N) is 4. The average molecular weight is 279 g/mol. The molecule has 0 spiro atoms. The van der Waals surface area contributed by atoms with Gasteiger partial charge in [0.25, 0.3) is 0 Å². The van der Waals surface area contributed by atoms with E-state index < -0.39 is 0 Å². The predicted molar refractivity (Wildman–Crippen MR) is 81.1 cm³/mol. The van der Waals surface area contributed by atoms with Gasteiger partial charge in [-0.15, -0.1) is 0 Å². The molecule has 112 valence electrons. The summed E-state index contributed by atoms with van der Waals surface area (Å²) in [6, 6.07) is 0.320. The quantitative estimate of drug-likeness (QED) is 0.803. The molecule has 1 saturated heterocycles. The first kappa shape index (κ1) is 15.0. The highest BCUT2D eigenvalue weighted by atomic mass is 16.3. The summed E-state index contributed by atoms with van der Waals surface area (Å²) < 4.78 is 0. The van der Waals surface area contributed by atoms with Crippen molar-refractivity contribution in [2.45, 2.75) is 25.3 Å². The lowest BCUT2D eigenvalue weighted by molar-refractivity contribution is 0.0940. The number of aliphatic hydroxyl groups excluding tert-OH is 1. The molecule has 1 fully saturated rings. The summed E-state index contributed by atoms with van der Waals surface area (Å²) in [5.41, 5.74) is 0. The van der Waals surface area contributed by atoms with E-state index in [0.717, 1.165) is 37.7 Å². The SMILES string of the molecule is CN(C)c1nccnc1NCCN1CCCCC1CO. The van der Waals surface area contributed by atoms with Crippen molar-refractivity contribution < 1.29 is 5.11 Å². The maximum atomic E-state index is 9.40. The molecule has 0 aromatic carbocycles. The number of aromatic nitrogens is 2. The highest BCUT2D eigenvalue weighted by Crippen LogP contribution is 2.18. The molecular formula is C14H25N5O. The highest BCUT2D eigenvalue weighted by Gasteiger charge is 2.20. The van der Waals surface area contributed by atoms with Crippen LogP contribution in [0, 0.1) is 0 Å². The average Bonchev–Trinajstić information content (AvgIpc) is 2.48. The van der Waals surface area contributed by atoms with Gasteiger partial charge in [0.05, 0.1) is 6.61 Å². The standard InChI is InChI=1S/C14H25N5O/c1-18(2)14-13(15-6-7-17-14)16-8-10-19-9-4-3-5-12(19)11-20/h6-7,12,20H,3-5,8-11H2,1-2H3,(H,15,16). The Hall–Kier alpha value is -1.40. The fourth-order valence-electron chi connectivity index (χ4n) is 2.66. The monoisotopic (exact) mass is 279 g/mol. The number of hydrogen-bond donors (Lipinski definition) is 2. The van der Waals surface area contributed by atoms with Gasteiger partial charge in [-0.05, 0) is 19.4 Å². The van der Waals surface area contributed by atoms with E-state index in [9.17, 15) is 5.11 Å². The zero-order chi connectivity index (χ0) is 14.4. The molecule has 0 bridgehead atoms. The first-order valence-corrected chi connectivity index (χ1v) is 7.29. The lowest BCUT2D eigenvalue weighted by Gasteiger charge is -2.34. The molecule has 6 nitrogen and oxygen atoms in total. The van der Waals surface area contributed by atoms with Crippen LogP contribution in [0.1, 0.15) is 19.3 Å². The number of likely N-dealkylation sites (tertiary alicyclic amines) is 1. The molecule has 0 amide bonds. The maximum Gasteiger partial charge on any atom is 0.171 e. The van der Waals surface area contributed by atoms with Gasteiger partial charge in [0, 0.05) is 45.6 Å². The number of hydrogen-bond acceptors (Lipinski definition) is 6. The van der Waals surface area contributed by atoms with E-state index in [0.29, 0.717) is 6.04 Å². The molecule has 0 aliphatic carbocycles. The molecule has 20 heavy (non-hydrogen) atoms. The van der Waals surface area contributed by atoms with Gasteiger partial charge in [-0.1, -0.05) is 6.42 Å². The van der Waals surface area contributed by atoms with Crippen molar-refractivity contribution in [1.29, 1.82) is 0 Å². The van der Waals surface area contributed by atoms with E-state index in [4.69, 9.17) is 0 Å². The van der Waals surface area contributed by atoms with Crippen LogP contribution in [0.25, 0.3) is 0 Å². The molecule has 0 saturated carbocycles. The fourth-order valence-corrected chi connectivity index (χ4v) is 2.66. The van der Waals surface area contributed by atoms with E-state index >= 15 is 0 Å². The van der Waals surface area contributed by atoms with Crippen molar-refractivity contribution in [3.05, 3.63) is 12.4 Å². The lowest BCUT2D eigenvalue weighted by atomic mass is 10.0. The van der Waals surface area contributed by atoms with Gasteiger partial charge in [-0.25, -0.2) is 9.97 Å². The fraction of sp³-hybridized carbons (Fsp3) is 0.714. The summed E-state index contributed by atoms with van der Waals surface area (Å²) in [5, 5.41) is 12.8. The van der Waals surface area contributed by atoms with Gasteiger partial charge in [0.15, 0.2) is 11.6 Å². The molecule has 1 aliphatic heterocycles. The third kappa shape index (κ3) is 3.80. The second kappa shape index (κ2) is 7.40. The number of nitrogens with one attached hydrogen (secondary N) is 1. The number of piperidine rings is 1. The molecule has 1 aliphatic rings. The number of rotatable bonds is 6. The van der Waals surface area contributed by atoms with Crippen molar-refractivity contribution in [2.24, 2.45) is 0 Å². The first-order valence-electron chi connectivity index (χ1n) is 7.29. The van der Waals surface area contributed by atoms with Crippen molar-refractivity contribution in [2.75, 3.05) is 50.6 Å². The molecule has 1 aromatic rings. The van der Waals surface area contributed by atoms with Gasteiger partial charge < -0.3 is 15.3 Å². The van der Waals surface area contributed by atoms with Crippen LogP contribution in [-0.2, 0) is 0 Å². The Bertz CT molecular complexity index is 412. The second-order valence-electron chi connectivity index (χ2n) is 5.42. The minimum atomic E-state index is 0.258. The summed E-state index contributed by atoms with van der Waals surface area (Å²) in [6.07, 6.45) is 6.96. The maximum absolute atomic E-state index is 9.40. The molecule has 0 radical (unpaired) electrons. The Morgan fingerprint density at radius 1 is 1.35 bits per heavy atom. The lowest BCUT2D eigenvalue weighted by Crippen LogP contribution is -2.44. The third-order valence-corrected chi connectivity index (χ3v) is 3.75. The molecule has 6 heteroatoms. The number of anilines is 2. The molecule has 2 N–H and O–H groups in total. The van der Waals surface area contributed by atoms with Gasteiger partial charge in [0.1, 0.15) is 0 Å². The number of aliphatic hydroxyl groups is 1. The Balaban J connectivity index is 1.86. The molecule has 1 aromatic heterocycles. The van der Waals surface area contributed by atoms with Gasteiger partial charge in [-0.3, -0.25) is 4.90 Å². The van der Waals surface area contributed by atoms with Crippen LogP contribution in [0.2, 0.25) is 0 Å².